The van der Waals surface area contributed by atoms with Crippen LogP contribution in [-0.4, -0.2) is 16.0 Å². The number of aryl methyl sites for hydroxylation is 1. The number of aromatic nitrogens is 2. The number of furan rings is 1. The van der Waals surface area contributed by atoms with Crippen LogP contribution in [0.15, 0.2) is 51.6 Å². The normalized spacial score (nSPS) is 12.1. The molecule has 0 aliphatic rings. The molecule has 3 aromatic rings. The monoisotopic (exact) mass is 329 g/mol. The van der Waals surface area contributed by atoms with Gasteiger partial charge in [0, 0.05) is 18.4 Å². The first-order valence-corrected chi connectivity index (χ1v) is 7.53. The van der Waals surface area contributed by atoms with Crippen molar-refractivity contribution in [2.75, 3.05) is 0 Å². The van der Waals surface area contributed by atoms with Crippen LogP contribution >= 0.6 is 0 Å². The molecule has 0 spiro atoms. The smallest absolute Gasteiger partial charge is 0.227 e. The summed E-state index contributed by atoms with van der Waals surface area (Å²) in [7, 11) is 0. The van der Waals surface area contributed by atoms with Gasteiger partial charge in [-0.1, -0.05) is 5.16 Å². The Balaban J connectivity index is 1.53. The highest BCUT2D eigenvalue weighted by molar-refractivity contribution is 5.76. The van der Waals surface area contributed by atoms with Gasteiger partial charge in [-0.2, -0.15) is 4.98 Å². The van der Waals surface area contributed by atoms with Crippen LogP contribution < -0.4 is 5.32 Å². The van der Waals surface area contributed by atoms with Crippen molar-refractivity contribution in [2.24, 2.45) is 0 Å². The number of hydrogen-bond acceptors (Lipinski definition) is 5. The molecule has 124 valence electrons. The summed E-state index contributed by atoms with van der Waals surface area (Å²) in [6, 6.07) is 9.17. The summed E-state index contributed by atoms with van der Waals surface area (Å²) in [5.74, 6) is 0.953. The molecule has 0 fully saturated rings. The summed E-state index contributed by atoms with van der Waals surface area (Å²) in [6.07, 6.45) is 2.11. The zero-order valence-electron chi connectivity index (χ0n) is 13.0. The van der Waals surface area contributed by atoms with Crippen LogP contribution in [0.5, 0.6) is 0 Å². The highest BCUT2D eigenvalue weighted by Crippen LogP contribution is 2.17. The van der Waals surface area contributed by atoms with Gasteiger partial charge < -0.3 is 14.3 Å². The number of nitrogens with one attached hydrogen (secondary N) is 1. The average Bonchev–Trinajstić information content (AvgIpc) is 3.25. The van der Waals surface area contributed by atoms with Crippen molar-refractivity contribution in [1.82, 2.24) is 15.5 Å². The Bertz CT molecular complexity index is 797. The third-order valence-electron chi connectivity index (χ3n) is 3.48. The lowest BCUT2D eigenvalue weighted by Crippen LogP contribution is -2.26. The van der Waals surface area contributed by atoms with Gasteiger partial charge in [0.25, 0.3) is 0 Å². The third-order valence-corrected chi connectivity index (χ3v) is 3.48. The lowest BCUT2D eigenvalue weighted by atomic mass is 10.2. The topological polar surface area (TPSA) is 81.2 Å². The first-order chi connectivity index (χ1) is 11.6. The van der Waals surface area contributed by atoms with Crippen LogP contribution in [-0.2, 0) is 11.2 Å². The van der Waals surface area contributed by atoms with Crippen LogP contribution in [0.1, 0.15) is 31.0 Å². The molecule has 6 nitrogen and oxygen atoms in total. The molecule has 1 N–H and O–H groups in total. The molecule has 1 aromatic carbocycles. The molecule has 1 amide bonds. The van der Waals surface area contributed by atoms with Gasteiger partial charge in [0.1, 0.15) is 11.6 Å². The van der Waals surface area contributed by atoms with Crippen LogP contribution in [0.25, 0.3) is 11.4 Å². The van der Waals surface area contributed by atoms with E-state index >= 15 is 0 Å². The molecule has 0 saturated heterocycles. The highest BCUT2D eigenvalue weighted by atomic mass is 19.1. The summed E-state index contributed by atoms with van der Waals surface area (Å²) in [6.45, 7) is 1.84. The predicted molar refractivity (Wildman–Crippen MR) is 83.3 cm³/mol. The Morgan fingerprint density at radius 1 is 1.29 bits per heavy atom. The van der Waals surface area contributed by atoms with E-state index in [1.54, 1.807) is 30.5 Å². The minimum atomic E-state index is -0.329. The van der Waals surface area contributed by atoms with E-state index < -0.39 is 0 Å². The molecule has 2 aromatic heterocycles. The molecule has 0 aliphatic carbocycles. The molecule has 0 saturated carbocycles. The fourth-order valence-electron chi connectivity index (χ4n) is 2.22. The van der Waals surface area contributed by atoms with E-state index in [9.17, 15) is 9.18 Å². The summed E-state index contributed by atoms with van der Waals surface area (Å²) >= 11 is 0. The minimum Gasteiger partial charge on any atom is -0.467 e. The Morgan fingerprint density at radius 3 is 2.79 bits per heavy atom. The van der Waals surface area contributed by atoms with E-state index in [-0.39, 0.29) is 24.2 Å². The SMILES string of the molecule is C[C@@H](NC(=O)CCc1nc(-c2ccc(F)cc2)no1)c1ccco1. The number of hydrogen-bond donors (Lipinski definition) is 1. The maximum atomic E-state index is 12.9. The second-order valence-electron chi connectivity index (χ2n) is 5.32. The molecule has 0 unspecified atom stereocenters. The number of benzene rings is 1. The second-order valence-corrected chi connectivity index (χ2v) is 5.32. The maximum Gasteiger partial charge on any atom is 0.227 e. The standard InChI is InChI=1S/C17H16FN3O3/c1-11(14-3-2-10-23-14)19-15(22)8-9-16-20-17(21-24-16)12-4-6-13(18)7-5-12/h2-7,10-11H,8-9H2,1H3,(H,19,22)/t11-/m1/s1. The third kappa shape index (κ3) is 3.87. The fourth-order valence-corrected chi connectivity index (χ4v) is 2.22. The van der Waals surface area contributed by atoms with Gasteiger partial charge in [0.2, 0.25) is 17.6 Å². The fraction of sp³-hybridized carbons (Fsp3) is 0.235. The van der Waals surface area contributed by atoms with Gasteiger partial charge in [-0.25, -0.2) is 4.39 Å². The number of halogens is 1. The molecular formula is C17H16FN3O3. The van der Waals surface area contributed by atoms with Crippen molar-refractivity contribution in [1.29, 1.82) is 0 Å². The predicted octanol–water partition coefficient (Wildman–Crippen LogP) is 3.28. The Kier molecular flexibility index (Phi) is 4.69. The van der Waals surface area contributed by atoms with E-state index in [1.807, 2.05) is 6.92 Å². The van der Waals surface area contributed by atoms with Gasteiger partial charge >= 0.3 is 0 Å². The van der Waals surface area contributed by atoms with Gasteiger partial charge in [0.05, 0.1) is 12.3 Å². The van der Waals surface area contributed by atoms with E-state index in [0.29, 0.717) is 29.5 Å². The van der Waals surface area contributed by atoms with Gasteiger partial charge in [-0.3, -0.25) is 4.79 Å². The molecule has 0 aliphatic heterocycles. The quantitative estimate of drug-likeness (QED) is 0.750. The summed E-state index contributed by atoms with van der Waals surface area (Å²) in [5.41, 5.74) is 0.655. The van der Waals surface area contributed by atoms with Crippen LogP contribution in [0, 0.1) is 5.82 Å². The summed E-state index contributed by atoms with van der Waals surface area (Å²) in [5, 5.41) is 6.67. The zero-order valence-corrected chi connectivity index (χ0v) is 13.0. The maximum absolute atomic E-state index is 12.9. The molecule has 0 bridgehead atoms. The molecule has 24 heavy (non-hydrogen) atoms. The first kappa shape index (κ1) is 15.9. The van der Waals surface area contributed by atoms with Crippen LogP contribution in [0.4, 0.5) is 4.39 Å². The Labute approximate surface area is 137 Å². The first-order valence-electron chi connectivity index (χ1n) is 7.53. The number of carbonyl (C=O) groups is 1. The summed E-state index contributed by atoms with van der Waals surface area (Å²) in [4.78, 5) is 16.2. The zero-order chi connectivity index (χ0) is 16.9. The highest BCUT2D eigenvalue weighted by Gasteiger charge is 2.14. The van der Waals surface area contributed by atoms with Crippen LogP contribution in [0.2, 0.25) is 0 Å². The summed E-state index contributed by atoms with van der Waals surface area (Å²) < 4.78 is 23.3. The van der Waals surface area contributed by atoms with Crippen molar-refractivity contribution in [3.8, 4) is 11.4 Å². The van der Waals surface area contributed by atoms with Crippen molar-refractivity contribution in [3.05, 3.63) is 60.1 Å². The molecule has 0 radical (unpaired) electrons. The Hall–Kier alpha value is -2.96. The largest absolute Gasteiger partial charge is 0.467 e. The molecule has 2 heterocycles. The van der Waals surface area contributed by atoms with E-state index in [2.05, 4.69) is 15.5 Å². The molecule has 7 heteroatoms. The number of nitrogens with zero attached hydrogens (tertiary/aromatic N) is 2. The molecular weight excluding hydrogens is 313 g/mol. The van der Waals surface area contributed by atoms with Crippen molar-refractivity contribution >= 4 is 5.91 Å². The molecule has 3 rings (SSSR count). The van der Waals surface area contributed by atoms with E-state index in [4.69, 9.17) is 8.94 Å². The van der Waals surface area contributed by atoms with Gasteiger partial charge in [0.15, 0.2) is 0 Å². The van der Waals surface area contributed by atoms with Crippen LogP contribution in [0.3, 0.4) is 0 Å². The Morgan fingerprint density at radius 2 is 2.08 bits per heavy atom. The number of rotatable bonds is 6. The van der Waals surface area contributed by atoms with Crippen molar-refractivity contribution < 1.29 is 18.1 Å². The number of amides is 1. The molecule has 1 atom stereocenters. The minimum absolute atomic E-state index is 0.138. The van der Waals surface area contributed by atoms with Gasteiger partial charge in [-0.05, 0) is 43.3 Å². The second kappa shape index (κ2) is 7.08. The number of carbonyl (C=O) groups excluding carboxylic acids is 1. The van der Waals surface area contributed by atoms with E-state index in [1.165, 1.54) is 12.1 Å². The van der Waals surface area contributed by atoms with E-state index in [0.717, 1.165) is 0 Å². The average molecular weight is 329 g/mol. The van der Waals surface area contributed by atoms with Gasteiger partial charge in [-0.15, -0.1) is 0 Å². The van der Waals surface area contributed by atoms with Crippen molar-refractivity contribution in [2.45, 2.75) is 25.8 Å². The van der Waals surface area contributed by atoms with Crippen molar-refractivity contribution in [3.63, 3.8) is 0 Å². The lowest BCUT2D eigenvalue weighted by molar-refractivity contribution is -0.121. The lowest BCUT2D eigenvalue weighted by Gasteiger charge is -2.10.